The third kappa shape index (κ3) is 3.72. The van der Waals surface area contributed by atoms with Crippen molar-refractivity contribution in [1.82, 2.24) is 9.47 Å². The van der Waals surface area contributed by atoms with Gasteiger partial charge in [-0.1, -0.05) is 58.0 Å². The van der Waals surface area contributed by atoms with Crippen LogP contribution in [0, 0.1) is 12.9 Å². The molecule has 168 valence electrons. The van der Waals surface area contributed by atoms with Crippen LogP contribution in [0.2, 0.25) is 0 Å². The fraction of sp³-hybridized carbons (Fsp3) is 0.357. The van der Waals surface area contributed by atoms with E-state index in [-0.39, 0.29) is 23.9 Å². The average Bonchev–Trinajstić information content (AvgIpc) is 3.24. The molecule has 2 heterocycles. The number of aromatic nitrogens is 1. The quantitative estimate of drug-likeness (QED) is 0.417. The van der Waals surface area contributed by atoms with E-state index in [4.69, 9.17) is 0 Å². The standard InChI is InChI=1S/C28H34FN3/c1-18(2)24-16-23(22-11-9-8-10-12-22)17-25(19(3)4)27(24)32-26(29)15-20(5)28(32)31-14-13-30(7)21(31)6/h8-19,21H,1-7H3/t21-/m0/s1. The fourth-order valence-electron chi connectivity index (χ4n) is 4.60. The number of aryl methyl sites for hydroxylation is 1. The van der Waals surface area contributed by atoms with Crippen molar-refractivity contribution >= 4 is 5.82 Å². The van der Waals surface area contributed by atoms with Crippen molar-refractivity contribution in [3.63, 3.8) is 0 Å². The Morgan fingerprint density at radius 3 is 1.94 bits per heavy atom. The Morgan fingerprint density at radius 2 is 1.44 bits per heavy atom. The summed E-state index contributed by atoms with van der Waals surface area (Å²) in [4.78, 5) is 4.30. The van der Waals surface area contributed by atoms with Crippen LogP contribution in [-0.4, -0.2) is 22.7 Å². The van der Waals surface area contributed by atoms with Crippen molar-refractivity contribution < 1.29 is 4.39 Å². The summed E-state index contributed by atoms with van der Waals surface area (Å²) in [5.74, 6) is 1.17. The van der Waals surface area contributed by atoms with Crippen molar-refractivity contribution in [3.05, 3.63) is 83.6 Å². The third-order valence-electron chi connectivity index (χ3n) is 6.56. The van der Waals surface area contributed by atoms with Gasteiger partial charge in [0.15, 0.2) is 5.95 Å². The van der Waals surface area contributed by atoms with Crippen LogP contribution in [0.15, 0.2) is 60.9 Å². The molecule has 0 amide bonds. The van der Waals surface area contributed by atoms with Gasteiger partial charge in [-0.2, -0.15) is 4.39 Å². The number of nitrogens with zero attached hydrogens (tertiary/aromatic N) is 3. The van der Waals surface area contributed by atoms with Gasteiger partial charge in [0.1, 0.15) is 12.0 Å². The van der Waals surface area contributed by atoms with Crippen molar-refractivity contribution in [1.29, 1.82) is 0 Å². The van der Waals surface area contributed by atoms with Crippen LogP contribution in [0.5, 0.6) is 0 Å². The lowest BCUT2D eigenvalue weighted by molar-refractivity contribution is 0.380. The minimum Gasteiger partial charge on any atom is -0.359 e. The molecule has 4 rings (SSSR count). The first kappa shape index (κ1) is 22.2. The third-order valence-corrected chi connectivity index (χ3v) is 6.56. The highest BCUT2D eigenvalue weighted by Crippen LogP contribution is 2.41. The molecule has 3 aromatic rings. The highest BCUT2D eigenvalue weighted by Gasteiger charge is 2.29. The smallest absolute Gasteiger partial charge is 0.200 e. The van der Waals surface area contributed by atoms with Crippen LogP contribution in [-0.2, 0) is 0 Å². The van der Waals surface area contributed by atoms with Gasteiger partial charge in [0.05, 0.1) is 5.69 Å². The van der Waals surface area contributed by atoms with Gasteiger partial charge >= 0.3 is 0 Å². The van der Waals surface area contributed by atoms with E-state index in [2.05, 4.69) is 80.8 Å². The second-order valence-corrected chi connectivity index (χ2v) is 9.49. The minimum atomic E-state index is -0.219. The monoisotopic (exact) mass is 431 g/mol. The van der Waals surface area contributed by atoms with Gasteiger partial charge in [-0.05, 0) is 71.7 Å². The topological polar surface area (TPSA) is 11.4 Å². The summed E-state index contributed by atoms with van der Waals surface area (Å²) in [5, 5.41) is 0. The summed E-state index contributed by atoms with van der Waals surface area (Å²) < 4.78 is 17.5. The number of benzene rings is 2. The molecule has 1 atom stereocenters. The highest BCUT2D eigenvalue weighted by atomic mass is 19.1. The van der Waals surface area contributed by atoms with Crippen LogP contribution >= 0.6 is 0 Å². The lowest BCUT2D eigenvalue weighted by Gasteiger charge is -2.31. The van der Waals surface area contributed by atoms with E-state index in [1.165, 1.54) is 11.1 Å². The summed E-state index contributed by atoms with van der Waals surface area (Å²) in [7, 11) is 2.05. The zero-order valence-corrected chi connectivity index (χ0v) is 20.2. The predicted octanol–water partition coefficient (Wildman–Crippen LogP) is 7.41. The molecule has 2 aromatic carbocycles. The van der Waals surface area contributed by atoms with Gasteiger partial charge in [0, 0.05) is 19.4 Å². The zero-order valence-electron chi connectivity index (χ0n) is 20.2. The summed E-state index contributed by atoms with van der Waals surface area (Å²) in [5.41, 5.74) is 6.60. The molecule has 0 spiro atoms. The van der Waals surface area contributed by atoms with Crippen LogP contribution in [0.4, 0.5) is 10.2 Å². The van der Waals surface area contributed by atoms with Crippen molar-refractivity contribution in [2.75, 3.05) is 11.9 Å². The van der Waals surface area contributed by atoms with E-state index in [0.717, 1.165) is 28.2 Å². The molecule has 4 heteroatoms. The van der Waals surface area contributed by atoms with E-state index in [9.17, 15) is 0 Å². The number of rotatable bonds is 5. The lowest BCUT2D eigenvalue weighted by atomic mass is 9.88. The molecule has 32 heavy (non-hydrogen) atoms. The van der Waals surface area contributed by atoms with Crippen LogP contribution in [0.3, 0.4) is 0 Å². The Kier molecular flexibility index (Phi) is 5.89. The van der Waals surface area contributed by atoms with E-state index >= 15 is 4.39 Å². The Balaban J connectivity index is 2.02. The van der Waals surface area contributed by atoms with Gasteiger partial charge < -0.3 is 9.80 Å². The van der Waals surface area contributed by atoms with Crippen molar-refractivity contribution in [3.8, 4) is 16.8 Å². The Bertz CT molecular complexity index is 1110. The van der Waals surface area contributed by atoms with Crippen molar-refractivity contribution in [2.45, 2.75) is 59.5 Å². The molecule has 1 aromatic heterocycles. The molecule has 1 aliphatic heterocycles. The number of hydrogen-bond donors (Lipinski definition) is 0. The molecular weight excluding hydrogens is 397 g/mol. The SMILES string of the molecule is Cc1cc(F)n(-c2c(C(C)C)cc(-c3ccccc3)cc2C(C)C)c1N1C=CN(C)[C@@H]1C. The predicted molar refractivity (Wildman–Crippen MR) is 133 cm³/mol. The van der Waals surface area contributed by atoms with Gasteiger partial charge in [-0.3, -0.25) is 4.57 Å². The zero-order chi connectivity index (χ0) is 23.2. The summed E-state index contributed by atoms with van der Waals surface area (Å²) in [6.45, 7) is 12.9. The second-order valence-electron chi connectivity index (χ2n) is 9.49. The summed E-state index contributed by atoms with van der Waals surface area (Å²) in [6.07, 6.45) is 4.21. The Hall–Kier alpha value is -3.01. The minimum absolute atomic E-state index is 0.121. The van der Waals surface area contributed by atoms with Gasteiger partial charge in [0.2, 0.25) is 0 Å². The van der Waals surface area contributed by atoms with E-state index in [1.54, 1.807) is 6.07 Å². The average molecular weight is 432 g/mol. The maximum atomic E-state index is 15.6. The normalized spacial score (nSPS) is 16.1. The number of anilines is 1. The molecule has 0 N–H and O–H groups in total. The van der Waals surface area contributed by atoms with E-state index in [1.807, 2.05) is 37.0 Å². The summed E-state index contributed by atoms with van der Waals surface area (Å²) in [6, 6.07) is 16.6. The maximum Gasteiger partial charge on any atom is 0.200 e. The molecule has 0 saturated carbocycles. The van der Waals surface area contributed by atoms with Crippen LogP contribution in [0.25, 0.3) is 16.8 Å². The highest BCUT2D eigenvalue weighted by molar-refractivity contribution is 5.71. The largest absolute Gasteiger partial charge is 0.359 e. The molecule has 1 aliphatic rings. The molecule has 0 fully saturated rings. The maximum absolute atomic E-state index is 15.6. The molecule has 0 saturated heterocycles. The molecule has 3 nitrogen and oxygen atoms in total. The molecule has 0 radical (unpaired) electrons. The van der Waals surface area contributed by atoms with Gasteiger partial charge in [-0.25, -0.2) is 0 Å². The molecular formula is C28H34FN3. The molecule has 0 unspecified atom stereocenters. The second kappa shape index (κ2) is 8.50. The van der Waals surface area contributed by atoms with E-state index in [0.29, 0.717) is 0 Å². The number of halogens is 1. The summed E-state index contributed by atoms with van der Waals surface area (Å²) >= 11 is 0. The Morgan fingerprint density at radius 1 is 0.844 bits per heavy atom. The first-order chi connectivity index (χ1) is 15.2. The molecule has 0 aliphatic carbocycles. The van der Waals surface area contributed by atoms with Gasteiger partial charge in [0.25, 0.3) is 0 Å². The first-order valence-corrected chi connectivity index (χ1v) is 11.5. The lowest BCUT2D eigenvalue weighted by Crippen LogP contribution is -2.35. The number of hydrogen-bond acceptors (Lipinski definition) is 2. The molecule has 0 bridgehead atoms. The van der Waals surface area contributed by atoms with Crippen LogP contribution < -0.4 is 4.90 Å². The van der Waals surface area contributed by atoms with Gasteiger partial charge in [-0.15, -0.1) is 0 Å². The fourth-order valence-corrected chi connectivity index (χ4v) is 4.60. The van der Waals surface area contributed by atoms with Crippen LogP contribution in [0.1, 0.15) is 63.1 Å². The first-order valence-electron chi connectivity index (χ1n) is 11.5. The van der Waals surface area contributed by atoms with E-state index < -0.39 is 0 Å². The Labute approximate surface area is 191 Å². The van der Waals surface area contributed by atoms with Crippen molar-refractivity contribution in [2.24, 2.45) is 0 Å².